The Hall–Kier alpha value is -2.52. The summed E-state index contributed by atoms with van der Waals surface area (Å²) >= 11 is 7.39. The van der Waals surface area contributed by atoms with E-state index in [0.717, 1.165) is 43.3 Å². The number of amides is 1. The molecule has 10 nitrogen and oxygen atoms in total. The number of aliphatic hydroxyl groups excluding tert-OH is 1. The number of nitrogens with zero attached hydrogens (tertiary/aromatic N) is 2. The first-order chi connectivity index (χ1) is 19.2. The number of fused-ring (bicyclic) bond motifs is 3. The van der Waals surface area contributed by atoms with Crippen LogP contribution in [0.5, 0.6) is 0 Å². The highest BCUT2D eigenvalue weighted by Gasteiger charge is 2.61. The van der Waals surface area contributed by atoms with Crippen LogP contribution in [0.25, 0.3) is 0 Å². The van der Waals surface area contributed by atoms with Gasteiger partial charge in [0.25, 0.3) is 15.9 Å². The standard InChI is InChI=1S/C26H28ClFN4O6S3/c1-26-16-6-3-13(4-7-16)20(26)21(33)19(25(34)32(26)11-14-5-8-17(28)9-18(14)27)23-30-24-22(41(37,38)31-23)15(12-39-24)10-29-40(2,35)36/h5,8-9,12-13,16,20,29,33H,3-4,6-7,10-11H2,1-2H3,(H,30,31)/t13?,16?,20-,26-/m0/s1. The summed E-state index contributed by atoms with van der Waals surface area (Å²) in [5, 5.41) is 16.5. The molecule has 0 spiro atoms. The Kier molecular flexibility index (Phi) is 6.81. The van der Waals surface area contributed by atoms with Crippen molar-refractivity contribution in [2.24, 2.45) is 22.2 Å². The molecule has 3 saturated carbocycles. The zero-order valence-electron chi connectivity index (χ0n) is 22.1. The molecule has 2 atom stereocenters. The van der Waals surface area contributed by atoms with Crippen molar-refractivity contribution in [1.82, 2.24) is 9.62 Å². The van der Waals surface area contributed by atoms with Crippen LogP contribution in [0.2, 0.25) is 5.02 Å². The van der Waals surface area contributed by atoms with Crippen LogP contribution in [-0.2, 0) is 37.9 Å². The smallest absolute Gasteiger partial charge is 0.287 e. The number of thiophene rings is 1. The van der Waals surface area contributed by atoms with Crippen LogP contribution >= 0.6 is 22.9 Å². The van der Waals surface area contributed by atoms with E-state index in [0.29, 0.717) is 5.56 Å². The monoisotopic (exact) mass is 642 g/mol. The summed E-state index contributed by atoms with van der Waals surface area (Å²) in [6.07, 6.45) is 4.47. The van der Waals surface area contributed by atoms with E-state index >= 15 is 0 Å². The summed E-state index contributed by atoms with van der Waals surface area (Å²) in [7, 11) is -7.95. The zero-order valence-corrected chi connectivity index (χ0v) is 25.4. The van der Waals surface area contributed by atoms with Crippen molar-refractivity contribution in [3.63, 3.8) is 0 Å². The van der Waals surface area contributed by atoms with Crippen LogP contribution in [0.15, 0.2) is 44.2 Å². The van der Waals surface area contributed by atoms with Gasteiger partial charge in [-0.25, -0.2) is 17.5 Å². The fraction of sp³-hybridized carbons (Fsp3) is 0.462. The second-order valence-corrected chi connectivity index (χ2v) is 15.9. The van der Waals surface area contributed by atoms with Gasteiger partial charge >= 0.3 is 0 Å². The van der Waals surface area contributed by atoms with Crippen molar-refractivity contribution >= 4 is 59.7 Å². The molecule has 5 aliphatic rings. The summed E-state index contributed by atoms with van der Waals surface area (Å²) in [5.74, 6) is -1.86. The second-order valence-electron chi connectivity index (χ2n) is 11.3. The lowest BCUT2D eigenvalue weighted by molar-refractivity contribution is -0.155. The number of aliphatic hydroxyl groups is 1. The fourth-order valence-electron chi connectivity index (χ4n) is 7.05. The number of halogens is 2. The highest BCUT2D eigenvalue weighted by molar-refractivity contribution is 7.91. The van der Waals surface area contributed by atoms with E-state index in [1.165, 1.54) is 23.6 Å². The molecule has 41 heavy (non-hydrogen) atoms. The van der Waals surface area contributed by atoms with E-state index in [2.05, 4.69) is 14.4 Å². The van der Waals surface area contributed by atoms with Crippen molar-refractivity contribution in [2.75, 3.05) is 11.6 Å². The Morgan fingerprint density at radius 3 is 2.63 bits per heavy atom. The van der Waals surface area contributed by atoms with Gasteiger partial charge < -0.3 is 15.3 Å². The molecule has 220 valence electrons. The van der Waals surface area contributed by atoms with Crippen molar-refractivity contribution in [3.05, 3.63) is 56.9 Å². The highest BCUT2D eigenvalue weighted by Crippen LogP contribution is 2.58. The summed E-state index contributed by atoms with van der Waals surface area (Å²) in [6, 6.07) is 3.97. The predicted octanol–water partition coefficient (Wildman–Crippen LogP) is 4.15. The molecule has 1 amide bonds. The largest absolute Gasteiger partial charge is 0.511 e. The molecule has 15 heteroatoms. The van der Waals surface area contributed by atoms with Crippen molar-refractivity contribution in [3.8, 4) is 0 Å². The van der Waals surface area contributed by atoms with Gasteiger partial charge in [0.05, 0.1) is 11.8 Å². The van der Waals surface area contributed by atoms with Crippen LogP contribution < -0.4 is 10.0 Å². The maximum Gasteiger partial charge on any atom is 0.287 e. The lowest BCUT2D eigenvalue weighted by Gasteiger charge is -2.61. The summed E-state index contributed by atoms with van der Waals surface area (Å²) in [6.45, 7) is 1.75. The number of benzene rings is 1. The molecule has 3 N–H and O–H groups in total. The molecule has 3 heterocycles. The lowest BCUT2D eigenvalue weighted by atomic mass is 9.52. The average Bonchev–Trinajstić information content (AvgIpc) is 3.30. The van der Waals surface area contributed by atoms with E-state index in [4.69, 9.17) is 11.6 Å². The Morgan fingerprint density at radius 2 is 1.98 bits per heavy atom. The molecule has 1 aromatic heterocycles. The van der Waals surface area contributed by atoms with Crippen LogP contribution in [0.1, 0.15) is 43.7 Å². The van der Waals surface area contributed by atoms with Gasteiger partial charge in [0.2, 0.25) is 10.0 Å². The quantitative estimate of drug-likeness (QED) is 0.429. The first kappa shape index (κ1) is 28.6. The van der Waals surface area contributed by atoms with E-state index in [9.17, 15) is 31.1 Å². The molecule has 2 aromatic rings. The number of carbonyl (C=O) groups is 1. The lowest BCUT2D eigenvalue weighted by Crippen LogP contribution is -2.67. The number of hydrogen-bond donors (Lipinski definition) is 3. The summed E-state index contributed by atoms with van der Waals surface area (Å²) in [5.41, 5.74) is -0.255. The van der Waals surface area contributed by atoms with Crippen LogP contribution in [0, 0.1) is 23.6 Å². The molecule has 1 aromatic carbocycles. The highest BCUT2D eigenvalue weighted by atomic mass is 35.5. The van der Waals surface area contributed by atoms with Crippen molar-refractivity contribution in [1.29, 1.82) is 0 Å². The van der Waals surface area contributed by atoms with Gasteiger partial charge in [-0.2, -0.15) is 8.42 Å². The Balaban J connectivity index is 1.44. The van der Waals surface area contributed by atoms with Gasteiger partial charge in [0.1, 0.15) is 27.0 Å². The Bertz CT molecular complexity index is 1750. The predicted molar refractivity (Wildman–Crippen MR) is 153 cm³/mol. The van der Waals surface area contributed by atoms with Crippen LogP contribution in [0.3, 0.4) is 0 Å². The normalized spacial score (nSPS) is 28.7. The number of nitrogens with one attached hydrogen (secondary N) is 2. The van der Waals surface area contributed by atoms with Gasteiger partial charge in [-0.05, 0) is 67.5 Å². The van der Waals surface area contributed by atoms with Gasteiger partial charge in [0, 0.05) is 29.6 Å². The van der Waals surface area contributed by atoms with Gasteiger partial charge in [-0.15, -0.1) is 15.7 Å². The van der Waals surface area contributed by atoms with Gasteiger partial charge in [0.15, 0.2) is 5.84 Å². The second kappa shape index (κ2) is 9.76. The third kappa shape index (κ3) is 4.67. The molecule has 0 unspecified atom stereocenters. The van der Waals surface area contributed by atoms with Crippen molar-refractivity contribution in [2.45, 2.75) is 56.1 Å². The van der Waals surface area contributed by atoms with Gasteiger partial charge in [-0.1, -0.05) is 17.7 Å². The number of rotatable bonds is 6. The minimum atomic E-state index is -4.36. The maximum atomic E-state index is 14.3. The molecule has 7 rings (SSSR count). The van der Waals surface area contributed by atoms with Crippen LogP contribution in [-0.4, -0.2) is 50.4 Å². The molecule has 3 fully saturated rings. The molecular formula is C26H28ClFN4O6S3. The number of carbonyl (C=O) groups excluding carboxylic acids is 1. The molecule has 0 radical (unpaired) electrons. The van der Waals surface area contributed by atoms with Gasteiger partial charge in [-0.3, -0.25) is 4.79 Å². The Morgan fingerprint density at radius 1 is 1.27 bits per heavy atom. The zero-order chi connectivity index (χ0) is 29.5. The summed E-state index contributed by atoms with van der Waals surface area (Å²) in [4.78, 5) is 15.8. The Labute approximate surface area is 246 Å². The topological polar surface area (TPSA) is 145 Å². The third-order valence-electron chi connectivity index (χ3n) is 8.91. The minimum absolute atomic E-state index is 0.0382. The number of sulfonamides is 2. The summed E-state index contributed by atoms with van der Waals surface area (Å²) < 4.78 is 69.9. The first-order valence-electron chi connectivity index (χ1n) is 13.1. The first-order valence-corrected chi connectivity index (χ1v) is 17.7. The number of amidine groups is 1. The number of anilines is 1. The SMILES string of the molecule is C[C@]12C3CCC(CC3)[C@H]1C(O)=C(C1=NS(=O)(=O)c3c(CNS(C)(=O)=O)csc3N1)C(=O)N2Cc1ccc(F)cc1Cl. The van der Waals surface area contributed by atoms with Crippen molar-refractivity contribution < 1.29 is 31.1 Å². The van der Waals surface area contributed by atoms with E-state index in [-0.39, 0.29) is 62.6 Å². The maximum absolute atomic E-state index is 14.3. The van der Waals surface area contributed by atoms with Crippen LogP contribution in [0.4, 0.5) is 9.39 Å². The number of hydrogen-bond acceptors (Lipinski definition) is 8. The fourth-order valence-corrected chi connectivity index (χ4v) is 10.3. The molecule has 3 aliphatic carbocycles. The molecule has 2 bridgehead atoms. The molecular weight excluding hydrogens is 615 g/mol. The third-order valence-corrected chi connectivity index (χ3v) is 12.4. The minimum Gasteiger partial charge on any atom is -0.511 e. The van der Waals surface area contributed by atoms with E-state index in [1.807, 2.05) is 6.92 Å². The van der Waals surface area contributed by atoms with E-state index < -0.39 is 43.2 Å². The average molecular weight is 643 g/mol. The molecule has 2 aliphatic heterocycles. The van der Waals surface area contributed by atoms with E-state index in [1.54, 1.807) is 4.90 Å². The molecule has 0 saturated heterocycles.